The van der Waals surface area contributed by atoms with Gasteiger partial charge in [0.1, 0.15) is 5.58 Å². The van der Waals surface area contributed by atoms with Gasteiger partial charge in [0.15, 0.2) is 11.5 Å². The van der Waals surface area contributed by atoms with Gasteiger partial charge >= 0.3 is 5.63 Å². The summed E-state index contributed by atoms with van der Waals surface area (Å²) in [6.45, 7) is 6.06. The topological polar surface area (TPSA) is 82.7 Å². The molecule has 24 heavy (non-hydrogen) atoms. The highest BCUT2D eigenvalue weighted by Gasteiger charge is 2.26. The number of fused-ring (bicyclic) bond motifs is 5. The minimum atomic E-state index is -0.464. The molecule has 3 aromatic rings. The summed E-state index contributed by atoms with van der Waals surface area (Å²) in [7, 11) is 0. The third kappa shape index (κ3) is 1.91. The van der Waals surface area contributed by atoms with Gasteiger partial charge < -0.3 is 19.9 Å². The maximum Gasteiger partial charge on any atom is 0.344 e. The van der Waals surface area contributed by atoms with Crippen molar-refractivity contribution >= 4 is 33.0 Å². The van der Waals surface area contributed by atoms with Gasteiger partial charge in [-0.05, 0) is 44.5 Å². The van der Waals surface area contributed by atoms with Crippen molar-refractivity contribution in [3.8, 4) is 11.5 Å². The lowest BCUT2D eigenvalue weighted by molar-refractivity contribution is 0.407. The first kappa shape index (κ1) is 14.6. The molecule has 0 spiro atoms. The molecule has 3 N–H and O–H groups in total. The number of anilines is 1. The summed E-state index contributed by atoms with van der Waals surface area (Å²) in [5, 5.41) is 24.8. The standard InChI is InChI=1S/C19H17NO4/c1-9-8-19(2,3)20-11-5-4-10-15-13(7-6-12(21)17(15)22)24-18(23)16(10)14(9)11/h4-8,20-22H,1-3H3. The first-order chi connectivity index (χ1) is 11.3. The molecule has 1 aliphatic heterocycles. The van der Waals surface area contributed by atoms with Gasteiger partial charge in [0.25, 0.3) is 0 Å². The van der Waals surface area contributed by atoms with Gasteiger partial charge in [0.05, 0.1) is 16.3 Å². The van der Waals surface area contributed by atoms with Crippen LogP contribution in [0.2, 0.25) is 0 Å². The molecule has 2 heterocycles. The molecule has 0 bridgehead atoms. The molecule has 0 fully saturated rings. The van der Waals surface area contributed by atoms with Gasteiger partial charge in [0.2, 0.25) is 0 Å². The second-order valence-electron chi connectivity index (χ2n) is 6.78. The molecule has 1 aliphatic rings. The summed E-state index contributed by atoms with van der Waals surface area (Å²) in [5.74, 6) is -0.533. The van der Waals surface area contributed by atoms with Crippen LogP contribution in [0.15, 0.2) is 39.6 Å². The number of rotatable bonds is 0. The molecular formula is C19H17NO4. The summed E-state index contributed by atoms with van der Waals surface area (Å²) < 4.78 is 5.40. The summed E-state index contributed by atoms with van der Waals surface area (Å²) in [6, 6.07) is 6.45. The Hall–Kier alpha value is -2.95. The normalized spacial score (nSPS) is 15.9. The Morgan fingerprint density at radius 3 is 2.58 bits per heavy atom. The molecule has 122 valence electrons. The second kappa shape index (κ2) is 4.54. The van der Waals surface area contributed by atoms with Crippen molar-refractivity contribution in [3.63, 3.8) is 0 Å². The van der Waals surface area contributed by atoms with Gasteiger partial charge in [-0.1, -0.05) is 12.1 Å². The van der Waals surface area contributed by atoms with Crippen LogP contribution in [0.5, 0.6) is 11.5 Å². The highest BCUT2D eigenvalue weighted by atomic mass is 16.4. The first-order valence-corrected chi connectivity index (χ1v) is 7.71. The Balaban J connectivity index is 2.23. The monoisotopic (exact) mass is 323 g/mol. The van der Waals surface area contributed by atoms with Crippen molar-refractivity contribution in [1.29, 1.82) is 0 Å². The smallest absolute Gasteiger partial charge is 0.344 e. The lowest BCUT2D eigenvalue weighted by Crippen LogP contribution is -2.31. The van der Waals surface area contributed by atoms with E-state index in [9.17, 15) is 15.0 Å². The Morgan fingerprint density at radius 1 is 1.08 bits per heavy atom. The van der Waals surface area contributed by atoms with E-state index in [1.165, 1.54) is 12.1 Å². The van der Waals surface area contributed by atoms with Crippen LogP contribution in [-0.4, -0.2) is 15.8 Å². The van der Waals surface area contributed by atoms with Gasteiger partial charge in [0, 0.05) is 16.6 Å². The van der Waals surface area contributed by atoms with E-state index in [4.69, 9.17) is 4.42 Å². The van der Waals surface area contributed by atoms with Crippen LogP contribution in [0.25, 0.3) is 27.3 Å². The van der Waals surface area contributed by atoms with Crippen molar-refractivity contribution in [2.45, 2.75) is 26.3 Å². The third-order valence-electron chi connectivity index (χ3n) is 4.43. The SMILES string of the molecule is CC1=CC(C)(C)Nc2ccc3c(c21)c(=O)oc1ccc(O)c(O)c13. The molecule has 0 amide bonds. The summed E-state index contributed by atoms with van der Waals surface area (Å²) in [5.41, 5.74) is 2.14. The molecule has 0 unspecified atom stereocenters. The van der Waals surface area contributed by atoms with Crippen molar-refractivity contribution in [3.05, 3.63) is 46.3 Å². The average Bonchev–Trinajstić information content (AvgIpc) is 2.49. The fourth-order valence-corrected chi connectivity index (χ4v) is 3.59. The largest absolute Gasteiger partial charge is 0.504 e. The average molecular weight is 323 g/mol. The highest BCUT2D eigenvalue weighted by Crippen LogP contribution is 2.42. The number of hydrogen-bond acceptors (Lipinski definition) is 5. The van der Waals surface area contributed by atoms with Crippen LogP contribution >= 0.6 is 0 Å². The van der Waals surface area contributed by atoms with E-state index in [0.717, 1.165) is 16.8 Å². The minimum Gasteiger partial charge on any atom is -0.504 e. The summed E-state index contributed by atoms with van der Waals surface area (Å²) >= 11 is 0. The number of phenolic OH excluding ortho intramolecular Hbond substituents is 2. The fourth-order valence-electron chi connectivity index (χ4n) is 3.59. The zero-order valence-electron chi connectivity index (χ0n) is 13.6. The Morgan fingerprint density at radius 2 is 1.83 bits per heavy atom. The van der Waals surface area contributed by atoms with Crippen LogP contribution in [0.1, 0.15) is 26.3 Å². The van der Waals surface area contributed by atoms with Crippen molar-refractivity contribution < 1.29 is 14.6 Å². The molecule has 2 aromatic carbocycles. The molecule has 1 aromatic heterocycles. The van der Waals surface area contributed by atoms with Crippen LogP contribution in [0.4, 0.5) is 5.69 Å². The van der Waals surface area contributed by atoms with Crippen molar-refractivity contribution in [1.82, 2.24) is 0 Å². The number of nitrogens with one attached hydrogen (secondary N) is 1. The van der Waals surface area contributed by atoms with Crippen LogP contribution in [0.3, 0.4) is 0 Å². The Kier molecular flexibility index (Phi) is 2.77. The number of aromatic hydroxyl groups is 2. The lowest BCUT2D eigenvalue weighted by atomic mass is 9.88. The van der Waals surface area contributed by atoms with Gasteiger partial charge in [-0.25, -0.2) is 4.79 Å². The number of phenols is 2. The summed E-state index contributed by atoms with van der Waals surface area (Å²) in [6.07, 6.45) is 2.06. The van der Waals surface area contributed by atoms with Crippen LogP contribution in [-0.2, 0) is 0 Å². The van der Waals surface area contributed by atoms with E-state index in [1.807, 2.05) is 13.0 Å². The molecule has 0 saturated heterocycles. The zero-order chi connectivity index (χ0) is 17.2. The molecule has 0 aliphatic carbocycles. The van der Waals surface area contributed by atoms with Gasteiger partial charge in [-0.3, -0.25) is 0 Å². The zero-order valence-corrected chi connectivity index (χ0v) is 13.6. The minimum absolute atomic E-state index is 0.220. The van der Waals surface area contributed by atoms with E-state index in [2.05, 4.69) is 25.2 Å². The van der Waals surface area contributed by atoms with E-state index in [0.29, 0.717) is 16.2 Å². The summed E-state index contributed by atoms with van der Waals surface area (Å²) in [4.78, 5) is 12.6. The maximum absolute atomic E-state index is 12.6. The van der Waals surface area contributed by atoms with Crippen LogP contribution < -0.4 is 10.9 Å². The Labute approximate surface area is 137 Å². The number of benzene rings is 2. The third-order valence-corrected chi connectivity index (χ3v) is 4.43. The maximum atomic E-state index is 12.6. The molecular weight excluding hydrogens is 306 g/mol. The first-order valence-electron chi connectivity index (χ1n) is 7.71. The molecule has 0 saturated carbocycles. The Bertz CT molecular complexity index is 1110. The molecule has 0 atom stereocenters. The van der Waals surface area contributed by atoms with Gasteiger partial charge in [-0.2, -0.15) is 0 Å². The van der Waals surface area contributed by atoms with Crippen LogP contribution in [0, 0.1) is 0 Å². The van der Waals surface area contributed by atoms with E-state index in [-0.39, 0.29) is 22.6 Å². The van der Waals surface area contributed by atoms with E-state index >= 15 is 0 Å². The lowest BCUT2D eigenvalue weighted by Gasteiger charge is -2.31. The van der Waals surface area contributed by atoms with E-state index in [1.54, 1.807) is 6.07 Å². The quantitative estimate of drug-likeness (QED) is 0.331. The predicted octanol–water partition coefficient (Wildman–Crippen LogP) is 3.96. The van der Waals surface area contributed by atoms with Crippen molar-refractivity contribution in [2.24, 2.45) is 0 Å². The van der Waals surface area contributed by atoms with E-state index < -0.39 is 5.63 Å². The molecule has 4 rings (SSSR count). The number of hydrogen-bond donors (Lipinski definition) is 3. The molecule has 5 heteroatoms. The predicted molar refractivity (Wildman–Crippen MR) is 94.7 cm³/mol. The van der Waals surface area contributed by atoms with Gasteiger partial charge in [-0.15, -0.1) is 0 Å². The molecule has 5 nitrogen and oxygen atoms in total. The molecule has 0 radical (unpaired) electrons. The fraction of sp³-hybridized carbons (Fsp3) is 0.211. The van der Waals surface area contributed by atoms with Crippen molar-refractivity contribution in [2.75, 3.05) is 5.32 Å². The number of allylic oxidation sites excluding steroid dienone is 1. The second-order valence-corrected chi connectivity index (χ2v) is 6.78. The highest BCUT2D eigenvalue weighted by molar-refractivity contribution is 6.13.